The Labute approximate surface area is 112 Å². The Balaban J connectivity index is 2.05. The summed E-state index contributed by atoms with van der Waals surface area (Å²) in [4.78, 5) is 6.19. The van der Waals surface area contributed by atoms with Crippen LogP contribution in [0.4, 0.5) is 11.4 Å². The van der Waals surface area contributed by atoms with Crippen LogP contribution < -0.4 is 10.6 Å². The van der Waals surface area contributed by atoms with Gasteiger partial charge in [0.05, 0.1) is 11.5 Å². The number of rotatable bonds is 1. The number of pyridine rings is 1. The van der Waals surface area contributed by atoms with Gasteiger partial charge in [-0.3, -0.25) is 4.98 Å². The van der Waals surface area contributed by atoms with Gasteiger partial charge in [-0.25, -0.2) is 8.42 Å². The van der Waals surface area contributed by atoms with E-state index in [1.54, 1.807) is 12.4 Å². The van der Waals surface area contributed by atoms with Crippen molar-refractivity contribution in [2.75, 3.05) is 35.2 Å². The van der Waals surface area contributed by atoms with Crippen LogP contribution in [-0.2, 0) is 9.84 Å². The van der Waals surface area contributed by atoms with Crippen molar-refractivity contribution in [3.05, 3.63) is 30.6 Å². The highest BCUT2D eigenvalue weighted by atomic mass is 32.2. The number of aromatic nitrogens is 1. The third-order valence-electron chi connectivity index (χ3n) is 3.51. The lowest BCUT2D eigenvalue weighted by Gasteiger charge is -2.30. The van der Waals surface area contributed by atoms with Crippen molar-refractivity contribution >= 4 is 32.0 Å². The minimum absolute atomic E-state index is 0.212. The molecule has 0 spiro atoms. The van der Waals surface area contributed by atoms with E-state index >= 15 is 0 Å². The third-order valence-corrected chi connectivity index (χ3v) is 5.12. The fourth-order valence-corrected chi connectivity index (χ4v) is 3.63. The zero-order valence-electron chi connectivity index (χ0n) is 10.4. The molecule has 2 aromatic rings. The lowest BCUT2D eigenvalue weighted by molar-refractivity contribution is 0.587. The van der Waals surface area contributed by atoms with Gasteiger partial charge < -0.3 is 10.6 Å². The first-order valence-corrected chi connectivity index (χ1v) is 7.96. The first-order chi connectivity index (χ1) is 9.07. The summed E-state index contributed by atoms with van der Waals surface area (Å²) in [5, 5.41) is 1.93. The Morgan fingerprint density at radius 1 is 1.11 bits per heavy atom. The van der Waals surface area contributed by atoms with Gasteiger partial charge >= 0.3 is 0 Å². The molecule has 1 aromatic heterocycles. The summed E-state index contributed by atoms with van der Waals surface area (Å²) in [5.74, 6) is 0.425. The van der Waals surface area contributed by atoms with Crippen LogP contribution in [0.2, 0.25) is 0 Å². The Bertz CT molecular complexity index is 714. The molecule has 1 aromatic carbocycles. The number of hydrogen-bond acceptors (Lipinski definition) is 5. The number of nitrogens with zero attached hydrogens (tertiary/aromatic N) is 2. The maximum absolute atomic E-state index is 11.5. The fourth-order valence-electron chi connectivity index (χ4n) is 2.43. The average Bonchev–Trinajstić information content (AvgIpc) is 2.40. The summed E-state index contributed by atoms with van der Waals surface area (Å²) in [6.45, 7) is 1.06. The van der Waals surface area contributed by atoms with Gasteiger partial charge in [0.2, 0.25) is 0 Å². The Morgan fingerprint density at radius 3 is 2.58 bits per heavy atom. The number of hydrogen-bond donors (Lipinski definition) is 1. The summed E-state index contributed by atoms with van der Waals surface area (Å²) in [5.41, 5.74) is 7.66. The highest BCUT2D eigenvalue weighted by molar-refractivity contribution is 7.91. The normalized spacial score (nSPS) is 18.6. The highest BCUT2D eigenvalue weighted by Gasteiger charge is 2.22. The van der Waals surface area contributed by atoms with E-state index in [9.17, 15) is 8.42 Å². The predicted molar refractivity (Wildman–Crippen MR) is 77.0 cm³/mol. The number of anilines is 2. The van der Waals surface area contributed by atoms with Crippen molar-refractivity contribution in [3.8, 4) is 0 Å². The number of benzene rings is 1. The van der Waals surface area contributed by atoms with E-state index in [4.69, 9.17) is 5.73 Å². The highest BCUT2D eigenvalue weighted by Crippen LogP contribution is 2.30. The maximum Gasteiger partial charge on any atom is 0.153 e. The zero-order valence-corrected chi connectivity index (χ0v) is 11.2. The second-order valence-corrected chi connectivity index (χ2v) is 7.04. The van der Waals surface area contributed by atoms with Gasteiger partial charge in [0.15, 0.2) is 9.84 Å². The van der Waals surface area contributed by atoms with Gasteiger partial charge in [0.1, 0.15) is 0 Å². The minimum Gasteiger partial charge on any atom is -0.398 e. The van der Waals surface area contributed by atoms with Gasteiger partial charge in [-0.15, -0.1) is 0 Å². The van der Waals surface area contributed by atoms with E-state index in [0.29, 0.717) is 18.8 Å². The standard InChI is InChI=1S/C13H15N3O2S/c14-12-1-2-13(10-3-4-15-9-11(10)12)16-5-7-19(17,18)8-6-16/h1-4,9H,5-8,14H2. The van der Waals surface area contributed by atoms with Crippen molar-refractivity contribution in [3.63, 3.8) is 0 Å². The number of fused-ring (bicyclic) bond motifs is 1. The molecule has 3 rings (SSSR count). The number of sulfone groups is 1. The predicted octanol–water partition coefficient (Wildman–Crippen LogP) is 1.05. The van der Waals surface area contributed by atoms with E-state index < -0.39 is 9.84 Å². The molecule has 2 N–H and O–H groups in total. The van der Waals surface area contributed by atoms with Crippen LogP contribution in [0.25, 0.3) is 10.8 Å². The van der Waals surface area contributed by atoms with Crippen LogP contribution in [-0.4, -0.2) is 38.0 Å². The van der Waals surface area contributed by atoms with Gasteiger partial charge in [-0.2, -0.15) is 0 Å². The van der Waals surface area contributed by atoms with Crippen LogP contribution in [0.15, 0.2) is 30.6 Å². The molecule has 1 aliphatic heterocycles. The maximum atomic E-state index is 11.5. The molecule has 1 fully saturated rings. The summed E-state index contributed by atoms with van der Waals surface area (Å²) in [6.07, 6.45) is 3.47. The van der Waals surface area contributed by atoms with Crippen molar-refractivity contribution in [2.45, 2.75) is 0 Å². The Hall–Kier alpha value is -1.82. The van der Waals surface area contributed by atoms with Gasteiger partial charge in [-0.1, -0.05) is 0 Å². The SMILES string of the molecule is Nc1ccc(N2CCS(=O)(=O)CC2)c2ccncc12. The van der Waals surface area contributed by atoms with E-state index in [0.717, 1.165) is 16.5 Å². The zero-order chi connectivity index (χ0) is 13.5. The molecule has 0 radical (unpaired) electrons. The molecule has 0 amide bonds. The number of nitrogen functional groups attached to an aromatic ring is 1. The molecule has 2 heterocycles. The molecule has 0 saturated carbocycles. The van der Waals surface area contributed by atoms with Crippen molar-refractivity contribution in [2.24, 2.45) is 0 Å². The molecule has 1 aliphatic rings. The second kappa shape index (κ2) is 4.38. The first kappa shape index (κ1) is 12.2. The van der Waals surface area contributed by atoms with Crippen LogP contribution in [0.1, 0.15) is 0 Å². The molecule has 0 aliphatic carbocycles. The van der Waals surface area contributed by atoms with E-state index in [-0.39, 0.29) is 11.5 Å². The van der Waals surface area contributed by atoms with Gasteiger partial charge in [0, 0.05) is 47.6 Å². The minimum atomic E-state index is -2.86. The monoisotopic (exact) mass is 277 g/mol. The van der Waals surface area contributed by atoms with E-state index in [1.807, 2.05) is 18.2 Å². The molecular formula is C13H15N3O2S. The smallest absolute Gasteiger partial charge is 0.153 e. The molecule has 6 heteroatoms. The quantitative estimate of drug-likeness (QED) is 0.789. The Kier molecular flexibility index (Phi) is 2.82. The summed E-state index contributed by atoms with van der Waals surface area (Å²) in [7, 11) is -2.86. The van der Waals surface area contributed by atoms with Crippen molar-refractivity contribution in [1.29, 1.82) is 0 Å². The first-order valence-electron chi connectivity index (χ1n) is 6.14. The van der Waals surface area contributed by atoms with Crippen LogP contribution in [0.5, 0.6) is 0 Å². The topological polar surface area (TPSA) is 76.3 Å². The average molecular weight is 277 g/mol. The lowest BCUT2D eigenvalue weighted by Crippen LogP contribution is -2.40. The summed E-state index contributed by atoms with van der Waals surface area (Å²) in [6, 6.07) is 5.72. The van der Waals surface area contributed by atoms with Crippen molar-refractivity contribution < 1.29 is 8.42 Å². The van der Waals surface area contributed by atoms with Crippen LogP contribution in [0, 0.1) is 0 Å². The number of nitrogens with two attached hydrogens (primary N) is 1. The van der Waals surface area contributed by atoms with Crippen LogP contribution >= 0.6 is 0 Å². The lowest BCUT2D eigenvalue weighted by atomic mass is 10.1. The molecule has 100 valence electrons. The Morgan fingerprint density at radius 2 is 1.84 bits per heavy atom. The molecule has 19 heavy (non-hydrogen) atoms. The molecule has 0 unspecified atom stereocenters. The molecular weight excluding hydrogens is 262 g/mol. The second-order valence-electron chi connectivity index (χ2n) is 4.73. The van der Waals surface area contributed by atoms with Crippen LogP contribution in [0.3, 0.4) is 0 Å². The molecule has 0 atom stereocenters. The van der Waals surface area contributed by atoms with Gasteiger partial charge in [-0.05, 0) is 18.2 Å². The fraction of sp³-hybridized carbons (Fsp3) is 0.308. The molecule has 1 saturated heterocycles. The summed E-state index contributed by atoms with van der Waals surface area (Å²) >= 11 is 0. The molecule has 5 nitrogen and oxygen atoms in total. The molecule has 0 bridgehead atoms. The summed E-state index contributed by atoms with van der Waals surface area (Å²) < 4.78 is 23.0. The van der Waals surface area contributed by atoms with Gasteiger partial charge in [0.25, 0.3) is 0 Å². The van der Waals surface area contributed by atoms with E-state index in [1.165, 1.54) is 0 Å². The third kappa shape index (κ3) is 2.23. The largest absolute Gasteiger partial charge is 0.398 e. The van der Waals surface area contributed by atoms with E-state index in [2.05, 4.69) is 9.88 Å². The van der Waals surface area contributed by atoms with Crippen molar-refractivity contribution in [1.82, 2.24) is 4.98 Å².